The van der Waals surface area contributed by atoms with E-state index in [1.165, 1.54) is 0 Å². The number of carbonyl (C=O) groups is 5. The smallest absolute Gasteiger partial charge is 0.176 e. The molecule has 2 aliphatic carbocycles. The SMILES string of the molecule is CCC1(C)C(=O)C([C@H](c2c(O)c(C(=O)C(C)C)c3c(c2O)[C@@H](C(C)C)C2=C(O3)C(C)(C)C(=O)C(C)(C)C2=O)C(C)C)=C(O)C(C)(C)C1=O. The highest BCUT2D eigenvalue weighted by atomic mass is 16.5. The third-order valence-electron chi connectivity index (χ3n) is 11.2. The number of aromatic hydroxyl groups is 2. The second-order valence-electron chi connectivity index (χ2n) is 16.7. The lowest BCUT2D eigenvalue weighted by Crippen LogP contribution is -2.52. The fourth-order valence-electron chi connectivity index (χ4n) is 8.15. The number of aliphatic hydroxyl groups is 1. The van der Waals surface area contributed by atoms with Gasteiger partial charge in [-0.25, -0.2) is 0 Å². The summed E-state index contributed by atoms with van der Waals surface area (Å²) in [6, 6.07) is 0. The summed E-state index contributed by atoms with van der Waals surface area (Å²) in [5.41, 5.74) is -5.86. The van der Waals surface area contributed by atoms with E-state index in [1.807, 2.05) is 13.8 Å². The third-order valence-corrected chi connectivity index (χ3v) is 11.2. The molecule has 3 N–H and O–H groups in total. The first-order valence-electron chi connectivity index (χ1n) is 17.0. The summed E-state index contributed by atoms with van der Waals surface area (Å²) >= 11 is 0. The summed E-state index contributed by atoms with van der Waals surface area (Å²) in [6.07, 6.45) is 0.154. The Hall–Kier alpha value is -3.75. The summed E-state index contributed by atoms with van der Waals surface area (Å²) in [5, 5.41) is 36.3. The van der Waals surface area contributed by atoms with E-state index in [2.05, 4.69) is 0 Å². The van der Waals surface area contributed by atoms with E-state index in [0.717, 1.165) is 0 Å². The minimum absolute atomic E-state index is 0.0783. The Morgan fingerprint density at radius 2 is 1.31 bits per heavy atom. The van der Waals surface area contributed by atoms with Crippen LogP contribution in [0.3, 0.4) is 0 Å². The first-order chi connectivity index (χ1) is 21.8. The maximum absolute atomic E-state index is 14.3. The molecule has 262 valence electrons. The van der Waals surface area contributed by atoms with Gasteiger partial charge in [0.1, 0.15) is 34.3 Å². The number of fused-ring (bicyclic) bond motifs is 1. The number of phenols is 2. The Bertz CT molecular complexity index is 1730. The summed E-state index contributed by atoms with van der Waals surface area (Å²) in [6.45, 7) is 23.3. The number of phenolic OH excluding ortho intramolecular Hbond substituents is 2. The molecular formula is C39H52O9. The number of ketones is 5. The zero-order valence-electron chi connectivity index (χ0n) is 30.9. The van der Waals surface area contributed by atoms with Gasteiger partial charge in [0.2, 0.25) is 0 Å². The number of benzene rings is 1. The molecule has 0 radical (unpaired) electrons. The van der Waals surface area contributed by atoms with Crippen LogP contribution in [-0.2, 0) is 19.2 Å². The maximum Gasteiger partial charge on any atom is 0.176 e. The van der Waals surface area contributed by atoms with Crippen molar-refractivity contribution in [1.29, 1.82) is 0 Å². The minimum atomic E-state index is -1.49. The molecule has 1 heterocycles. The van der Waals surface area contributed by atoms with Crippen LogP contribution in [0.2, 0.25) is 0 Å². The minimum Gasteiger partial charge on any atom is -0.511 e. The molecule has 0 fully saturated rings. The first-order valence-corrected chi connectivity index (χ1v) is 17.0. The molecule has 0 aromatic heterocycles. The average Bonchev–Trinajstić information content (AvgIpc) is 2.99. The maximum atomic E-state index is 14.3. The van der Waals surface area contributed by atoms with E-state index in [-0.39, 0.29) is 57.5 Å². The van der Waals surface area contributed by atoms with E-state index < -0.39 is 85.7 Å². The molecule has 1 aliphatic heterocycles. The second kappa shape index (κ2) is 11.4. The van der Waals surface area contributed by atoms with Crippen molar-refractivity contribution in [2.24, 2.45) is 39.4 Å². The number of hydrogen-bond donors (Lipinski definition) is 3. The van der Waals surface area contributed by atoms with Crippen molar-refractivity contribution in [3.8, 4) is 17.2 Å². The number of aliphatic hydroxyl groups excluding tert-OH is 1. The van der Waals surface area contributed by atoms with Gasteiger partial charge in [-0.15, -0.1) is 0 Å². The van der Waals surface area contributed by atoms with Crippen molar-refractivity contribution >= 4 is 28.9 Å². The van der Waals surface area contributed by atoms with Crippen LogP contribution < -0.4 is 4.74 Å². The molecule has 1 unspecified atom stereocenters. The van der Waals surface area contributed by atoms with E-state index in [1.54, 1.807) is 83.1 Å². The second-order valence-corrected chi connectivity index (χ2v) is 16.7. The molecule has 1 aromatic rings. The number of allylic oxidation sites excluding steroid dienone is 4. The summed E-state index contributed by atoms with van der Waals surface area (Å²) in [4.78, 5) is 69.9. The largest absolute Gasteiger partial charge is 0.511 e. The lowest BCUT2D eigenvalue weighted by molar-refractivity contribution is -0.147. The van der Waals surface area contributed by atoms with E-state index in [9.17, 15) is 39.3 Å². The van der Waals surface area contributed by atoms with Crippen LogP contribution in [0.25, 0.3) is 0 Å². The molecule has 0 amide bonds. The lowest BCUT2D eigenvalue weighted by Gasteiger charge is -2.46. The Kier molecular flexibility index (Phi) is 8.81. The molecule has 0 saturated heterocycles. The third kappa shape index (κ3) is 4.73. The molecule has 9 heteroatoms. The average molecular weight is 665 g/mol. The van der Waals surface area contributed by atoms with Crippen LogP contribution in [0.15, 0.2) is 22.7 Å². The standard InChI is InChI=1S/C39H52O9/c1-15-39(14)32(45)23(30(43)37(10,11)35(39)47)19(16(2)3)21-27(41)22-20(17(4)5)24-31(44)36(8,9)34(46)38(12,13)33(24)48-29(22)25(28(21)42)26(40)18(6)7/h16-20,41-43H,15H2,1-14H3/t19-,20+,39?/m0/s1. The Labute approximate surface area is 283 Å². The number of Topliss-reactive ketones (excluding diaryl/α,β-unsaturated/α-hetero) is 5. The Morgan fingerprint density at radius 1 is 0.771 bits per heavy atom. The van der Waals surface area contributed by atoms with Crippen molar-refractivity contribution in [3.05, 3.63) is 39.4 Å². The monoisotopic (exact) mass is 664 g/mol. The van der Waals surface area contributed by atoms with Gasteiger partial charge in [0, 0.05) is 40.0 Å². The summed E-state index contributed by atoms with van der Waals surface area (Å²) in [7, 11) is 0. The van der Waals surface area contributed by atoms with Crippen LogP contribution in [0.5, 0.6) is 17.2 Å². The lowest BCUT2D eigenvalue weighted by atomic mass is 9.57. The van der Waals surface area contributed by atoms with Crippen LogP contribution in [0, 0.1) is 39.4 Å². The molecule has 3 aliphatic rings. The first kappa shape index (κ1) is 37.1. The predicted molar refractivity (Wildman–Crippen MR) is 181 cm³/mol. The summed E-state index contributed by atoms with van der Waals surface area (Å²) < 4.78 is 6.43. The molecular weight excluding hydrogens is 612 g/mol. The van der Waals surface area contributed by atoms with Gasteiger partial charge in [-0.05, 0) is 66.7 Å². The van der Waals surface area contributed by atoms with Crippen molar-refractivity contribution in [1.82, 2.24) is 0 Å². The van der Waals surface area contributed by atoms with Gasteiger partial charge >= 0.3 is 0 Å². The van der Waals surface area contributed by atoms with Crippen LogP contribution in [0.4, 0.5) is 0 Å². The molecule has 1 aromatic carbocycles. The fourth-order valence-corrected chi connectivity index (χ4v) is 8.15. The topological polar surface area (TPSA) is 155 Å². The molecule has 48 heavy (non-hydrogen) atoms. The van der Waals surface area contributed by atoms with Crippen LogP contribution in [-0.4, -0.2) is 44.2 Å². The van der Waals surface area contributed by atoms with Gasteiger partial charge < -0.3 is 20.1 Å². The quantitative estimate of drug-likeness (QED) is 0.197. The van der Waals surface area contributed by atoms with Gasteiger partial charge in [-0.3, -0.25) is 24.0 Å². The molecule has 0 spiro atoms. The zero-order chi connectivity index (χ0) is 37.0. The van der Waals surface area contributed by atoms with Gasteiger partial charge in [0.25, 0.3) is 0 Å². The highest BCUT2D eigenvalue weighted by Gasteiger charge is 2.60. The number of rotatable bonds is 7. The predicted octanol–water partition coefficient (Wildman–Crippen LogP) is 7.67. The molecule has 3 atom stereocenters. The molecule has 0 bridgehead atoms. The summed E-state index contributed by atoms with van der Waals surface area (Å²) in [5.74, 6) is -7.62. The van der Waals surface area contributed by atoms with Gasteiger partial charge in [0.15, 0.2) is 28.9 Å². The zero-order valence-corrected chi connectivity index (χ0v) is 30.9. The molecule has 4 rings (SSSR count). The molecule has 0 saturated carbocycles. The van der Waals surface area contributed by atoms with Gasteiger partial charge in [-0.2, -0.15) is 0 Å². The van der Waals surface area contributed by atoms with Crippen LogP contribution in [0.1, 0.15) is 137 Å². The molecule has 9 nitrogen and oxygen atoms in total. The van der Waals surface area contributed by atoms with Crippen molar-refractivity contribution in [3.63, 3.8) is 0 Å². The highest BCUT2D eigenvalue weighted by molar-refractivity contribution is 6.21. The highest BCUT2D eigenvalue weighted by Crippen LogP contribution is 2.62. The normalized spacial score (nSPS) is 25.5. The Morgan fingerprint density at radius 3 is 1.77 bits per heavy atom. The van der Waals surface area contributed by atoms with Gasteiger partial charge in [0.05, 0.1) is 21.7 Å². The number of hydrogen-bond acceptors (Lipinski definition) is 9. The Balaban J connectivity index is 2.24. The number of carbonyl (C=O) groups excluding carboxylic acids is 5. The fraction of sp³-hybridized carbons (Fsp3) is 0.615. The van der Waals surface area contributed by atoms with E-state index >= 15 is 0 Å². The van der Waals surface area contributed by atoms with Gasteiger partial charge in [-0.1, -0.05) is 48.5 Å². The van der Waals surface area contributed by atoms with Crippen molar-refractivity contribution in [2.45, 2.75) is 115 Å². The van der Waals surface area contributed by atoms with E-state index in [4.69, 9.17) is 4.74 Å². The van der Waals surface area contributed by atoms with E-state index in [0.29, 0.717) is 0 Å². The van der Waals surface area contributed by atoms with Crippen LogP contribution >= 0.6 is 0 Å². The van der Waals surface area contributed by atoms with Crippen molar-refractivity contribution in [2.75, 3.05) is 0 Å². The number of ether oxygens (including phenoxy) is 1. The van der Waals surface area contributed by atoms with Crippen molar-refractivity contribution < 1.29 is 44.0 Å².